The maximum atomic E-state index is 9.34. The number of nitrogens with one attached hydrogen (secondary N) is 2. The van der Waals surface area contributed by atoms with Crippen LogP contribution in [-0.4, -0.2) is 66.9 Å². The maximum absolute atomic E-state index is 9.34. The third-order valence-electron chi connectivity index (χ3n) is 4.64. The van der Waals surface area contributed by atoms with Crippen molar-refractivity contribution in [1.82, 2.24) is 19.9 Å². The highest BCUT2D eigenvalue weighted by Crippen LogP contribution is 2.26. The van der Waals surface area contributed by atoms with Crippen LogP contribution in [0.1, 0.15) is 19.0 Å². The number of anilines is 3. The SMILES string of the molecule is COCCCNc1cccc2cc(Nc3cnc(C#N)c(O[C@@H](C)CN(C)C)n3)ncc12. The van der Waals surface area contributed by atoms with Crippen molar-refractivity contribution in [3.05, 3.63) is 42.4 Å². The van der Waals surface area contributed by atoms with Crippen LogP contribution >= 0.6 is 0 Å². The number of benzene rings is 1. The Morgan fingerprint density at radius 2 is 2.03 bits per heavy atom. The van der Waals surface area contributed by atoms with Gasteiger partial charge in [-0.1, -0.05) is 12.1 Å². The molecule has 0 radical (unpaired) electrons. The van der Waals surface area contributed by atoms with Gasteiger partial charge >= 0.3 is 0 Å². The molecule has 9 heteroatoms. The standard InChI is InChI=1S/C23H29N7O2/c1-16(15-30(2)3)32-23-20(12-24)26-14-22(29-23)28-21-11-17-7-5-8-19(18(17)13-27-21)25-9-6-10-31-4/h5,7-8,11,13-14,16,25H,6,9-10,15H2,1-4H3,(H,27,28,29)/t16-/m0/s1. The minimum absolute atomic E-state index is 0.143. The summed E-state index contributed by atoms with van der Waals surface area (Å²) < 4.78 is 11.0. The van der Waals surface area contributed by atoms with Crippen molar-refractivity contribution in [3.63, 3.8) is 0 Å². The molecule has 0 aliphatic heterocycles. The normalized spacial score (nSPS) is 11.9. The van der Waals surface area contributed by atoms with E-state index in [9.17, 15) is 5.26 Å². The fourth-order valence-corrected chi connectivity index (χ4v) is 3.30. The first-order valence-corrected chi connectivity index (χ1v) is 10.5. The molecule has 0 aliphatic carbocycles. The number of aromatic nitrogens is 3. The molecule has 9 nitrogen and oxygen atoms in total. The lowest BCUT2D eigenvalue weighted by Crippen LogP contribution is -2.28. The fourth-order valence-electron chi connectivity index (χ4n) is 3.30. The van der Waals surface area contributed by atoms with Gasteiger partial charge < -0.3 is 25.0 Å². The van der Waals surface area contributed by atoms with Crippen molar-refractivity contribution < 1.29 is 9.47 Å². The summed E-state index contributed by atoms with van der Waals surface area (Å²) in [5.41, 5.74) is 1.18. The summed E-state index contributed by atoms with van der Waals surface area (Å²) in [6, 6.07) is 10.1. The van der Waals surface area contributed by atoms with Gasteiger partial charge in [0.25, 0.3) is 5.88 Å². The molecule has 0 fully saturated rings. The molecule has 0 unspecified atom stereocenters. The van der Waals surface area contributed by atoms with Crippen LogP contribution in [0.3, 0.4) is 0 Å². The van der Waals surface area contributed by atoms with Crippen molar-refractivity contribution in [2.45, 2.75) is 19.4 Å². The molecule has 0 amide bonds. The summed E-state index contributed by atoms with van der Waals surface area (Å²) in [7, 11) is 5.62. The number of likely N-dealkylation sites (N-methyl/N-ethyl adjacent to an activating group) is 1. The van der Waals surface area contributed by atoms with Crippen molar-refractivity contribution >= 4 is 28.1 Å². The molecule has 0 saturated carbocycles. The van der Waals surface area contributed by atoms with Gasteiger partial charge in [0.05, 0.1) is 6.20 Å². The van der Waals surface area contributed by atoms with Gasteiger partial charge in [0, 0.05) is 44.1 Å². The van der Waals surface area contributed by atoms with Crippen LogP contribution in [0.25, 0.3) is 10.8 Å². The molecule has 1 atom stereocenters. The van der Waals surface area contributed by atoms with Gasteiger partial charge in [0.2, 0.25) is 5.69 Å². The van der Waals surface area contributed by atoms with E-state index in [1.165, 1.54) is 6.20 Å². The first-order valence-electron chi connectivity index (χ1n) is 10.5. The van der Waals surface area contributed by atoms with E-state index < -0.39 is 0 Å². The number of methoxy groups -OCH3 is 1. The van der Waals surface area contributed by atoms with E-state index in [-0.39, 0.29) is 17.7 Å². The summed E-state index contributed by atoms with van der Waals surface area (Å²) in [5, 5.41) is 18.0. The first kappa shape index (κ1) is 23.2. The van der Waals surface area contributed by atoms with E-state index in [4.69, 9.17) is 9.47 Å². The number of rotatable bonds is 11. The van der Waals surface area contributed by atoms with Crippen LogP contribution in [0, 0.1) is 11.3 Å². The quantitative estimate of drug-likeness (QED) is 0.438. The molecule has 0 spiro atoms. The number of fused-ring (bicyclic) bond motifs is 1. The van der Waals surface area contributed by atoms with Crippen LogP contribution < -0.4 is 15.4 Å². The van der Waals surface area contributed by atoms with Gasteiger partial charge in [0.1, 0.15) is 18.0 Å². The maximum Gasteiger partial charge on any atom is 0.253 e. The summed E-state index contributed by atoms with van der Waals surface area (Å²) in [4.78, 5) is 15.1. The van der Waals surface area contributed by atoms with Crippen molar-refractivity contribution in [2.24, 2.45) is 0 Å². The number of hydrogen-bond donors (Lipinski definition) is 2. The molecule has 0 saturated heterocycles. The second kappa shape index (κ2) is 11.2. The van der Waals surface area contributed by atoms with E-state index in [2.05, 4.69) is 25.6 Å². The highest BCUT2D eigenvalue weighted by Gasteiger charge is 2.14. The molecule has 3 rings (SSSR count). The lowest BCUT2D eigenvalue weighted by atomic mass is 10.1. The van der Waals surface area contributed by atoms with Crippen LogP contribution in [0.2, 0.25) is 0 Å². The predicted molar refractivity (Wildman–Crippen MR) is 125 cm³/mol. The number of hydrogen-bond acceptors (Lipinski definition) is 9. The third-order valence-corrected chi connectivity index (χ3v) is 4.64. The van der Waals surface area contributed by atoms with Gasteiger partial charge in [-0.15, -0.1) is 0 Å². The van der Waals surface area contributed by atoms with Crippen LogP contribution in [0.15, 0.2) is 36.7 Å². The van der Waals surface area contributed by atoms with Gasteiger partial charge in [-0.3, -0.25) is 0 Å². The molecule has 1 aromatic carbocycles. The molecular formula is C23H29N7O2. The Bertz CT molecular complexity index is 1080. The minimum Gasteiger partial charge on any atom is -0.471 e. The monoisotopic (exact) mass is 435 g/mol. The van der Waals surface area contributed by atoms with Crippen molar-refractivity contribution in [1.29, 1.82) is 5.26 Å². The summed E-state index contributed by atoms with van der Waals surface area (Å²) in [5.74, 6) is 1.28. The molecule has 2 aromatic heterocycles. The zero-order valence-corrected chi connectivity index (χ0v) is 18.9. The lowest BCUT2D eigenvalue weighted by molar-refractivity contribution is 0.169. The van der Waals surface area contributed by atoms with Gasteiger partial charge in [-0.25, -0.2) is 9.97 Å². The zero-order valence-electron chi connectivity index (χ0n) is 18.9. The summed E-state index contributed by atoms with van der Waals surface area (Å²) in [6.45, 7) is 4.16. The average molecular weight is 436 g/mol. The Kier molecular flexibility index (Phi) is 8.14. The number of ether oxygens (including phenoxy) is 2. The molecule has 2 heterocycles. The fraction of sp³-hybridized carbons (Fsp3) is 0.391. The number of nitriles is 1. The molecule has 168 valence electrons. The first-order chi connectivity index (χ1) is 15.5. The number of pyridine rings is 1. The Morgan fingerprint density at radius 3 is 2.78 bits per heavy atom. The second-order valence-corrected chi connectivity index (χ2v) is 7.71. The van der Waals surface area contributed by atoms with Crippen molar-refractivity contribution in [3.8, 4) is 11.9 Å². The lowest BCUT2D eigenvalue weighted by Gasteiger charge is -2.18. The topological polar surface area (TPSA) is 108 Å². The van der Waals surface area contributed by atoms with E-state index in [0.717, 1.165) is 36.0 Å². The van der Waals surface area contributed by atoms with E-state index in [1.54, 1.807) is 7.11 Å². The van der Waals surface area contributed by atoms with Crippen LogP contribution in [-0.2, 0) is 4.74 Å². The molecule has 2 N–H and O–H groups in total. The largest absolute Gasteiger partial charge is 0.471 e. The highest BCUT2D eigenvalue weighted by molar-refractivity contribution is 5.94. The Morgan fingerprint density at radius 1 is 1.19 bits per heavy atom. The Hall–Kier alpha value is -3.48. The van der Waals surface area contributed by atoms with Crippen LogP contribution in [0.5, 0.6) is 5.88 Å². The highest BCUT2D eigenvalue weighted by atomic mass is 16.5. The molecule has 0 bridgehead atoms. The second-order valence-electron chi connectivity index (χ2n) is 7.71. The van der Waals surface area contributed by atoms with E-state index in [1.807, 2.05) is 62.5 Å². The van der Waals surface area contributed by atoms with Gasteiger partial charge in [-0.05, 0) is 45.0 Å². The predicted octanol–water partition coefficient (Wildman–Crippen LogP) is 3.42. The third kappa shape index (κ3) is 6.26. The summed E-state index contributed by atoms with van der Waals surface area (Å²) in [6.07, 6.45) is 4.11. The molecule has 3 aromatic rings. The Balaban J connectivity index is 1.77. The minimum atomic E-state index is -0.143. The van der Waals surface area contributed by atoms with E-state index >= 15 is 0 Å². The van der Waals surface area contributed by atoms with Crippen molar-refractivity contribution in [2.75, 3.05) is 51.5 Å². The molecular weight excluding hydrogens is 406 g/mol. The van der Waals surface area contributed by atoms with Gasteiger partial charge in [-0.2, -0.15) is 10.2 Å². The average Bonchev–Trinajstić information content (AvgIpc) is 2.76. The Labute approximate surface area is 188 Å². The number of nitrogens with zero attached hydrogens (tertiary/aromatic N) is 5. The zero-order chi connectivity index (χ0) is 22.9. The van der Waals surface area contributed by atoms with E-state index in [0.29, 0.717) is 18.2 Å². The van der Waals surface area contributed by atoms with Crippen LogP contribution in [0.4, 0.5) is 17.3 Å². The molecule has 0 aliphatic rings. The van der Waals surface area contributed by atoms with Gasteiger partial charge in [0.15, 0.2) is 5.82 Å². The summed E-state index contributed by atoms with van der Waals surface area (Å²) >= 11 is 0. The molecule has 32 heavy (non-hydrogen) atoms. The smallest absolute Gasteiger partial charge is 0.253 e.